The highest BCUT2D eigenvalue weighted by atomic mass is 35.5. The summed E-state index contributed by atoms with van der Waals surface area (Å²) in [5.74, 6) is 2.53. The Bertz CT molecular complexity index is 1380. The zero-order chi connectivity index (χ0) is 22.4. The van der Waals surface area contributed by atoms with Gasteiger partial charge in [-0.15, -0.1) is 21.5 Å². The van der Waals surface area contributed by atoms with E-state index in [1.807, 2.05) is 0 Å². The van der Waals surface area contributed by atoms with Crippen molar-refractivity contribution in [3.8, 4) is 11.4 Å². The molecule has 3 heterocycles. The largest absolute Gasteiger partial charge is 0.495 e. The molecule has 1 aliphatic carbocycles. The fraction of sp³-hybridized carbons (Fsp3) is 0.364. The molecule has 1 unspecified atom stereocenters. The Morgan fingerprint density at radius 1 is 1.38 bits per heavy atom. The van der Waals surface area contributed by atoms with Crippen molar-refractivity contribution in [3.05, 3.63) is 55.8 Å². The third-order valence-corrected chi connectivity index (χ3v) is 7.88. The summed E-state index contributed by atoms with van der Waals surface area (Å²) in [6, 6.07) is 5.23. The molecule has 1 atom stereocenters. The van der Waals surface area contributed by atoms with E-state index in [1.165, 1.54) is 16.6 Å². The Hall–Kier alpha value is -2.36. The summed E-state index contributed by atoms with van der Waals surface area (Å²) in [7, 11) is 1.58. The van der Waals surface area contributed by atoms with Crippen LogP contribution in [0.15, 0.2) is 32.6 Å². The van der Waals surface area contributed by atoms with Crippen LogP contribution in [-0.2, 0) is 18.6 Å². The number of thiophene rings is 1. The third-order valence-electron chi connectivity index (χ3n) is 5.57. The minimum Gasteiger partial charge on any atom is -0.495 e. The van der Waals surface area contributed by atoms with E-state index in [0.717, 1.165) is 29.7 Å². The molecule has 0 aliphatic heterocycles. The lowest BCUT2D eigenvalue weighted by molar-refractivity contribution is 0.411. The van der Waals surface area contributed by atoms with Crippen LogP contribution < -0.4 is 10.3 Å². The second kappa shape index (κ2) is 8.53. The molecule has 7 nitrogen and oxygen atoms in total. The third kappa shape index (κ3) is 3.82. The van der Waals surface area contributed by atoms with Crippen LogP contribution in [0.3, 0.4) is 0 Å². The highest BCUT2D eigenvalue weighted by Gasteiger charge is 2.26. The Morgan fingerprint density at radius 3 is 2.97 bits per heavy atom. The van der Waals surface area contributed by atoms with Crippen molar-refractivity contribution in [1.82, 2.24) is 19.7 Å². The van der Waals surface area contributed by atoms with Gasteiger partial charge in [0, 0.05) is 16.8 Å². The highest BCUT2D eigenvalue weighted by Crippen LogP contribution is 2.38. The zero-order valence-corrected chi connectivity index (χ0v) is 20.2. The maximum absolute atomic E-state index is 13.9. The molecule has 10 heteroatoms. The molecule has 0 saturated carbocycles. The average Bonchev–Trinajstić information content (AvgIpc) is 3.34. The molecule has 3 aromatic heterocycles. The van der Waals surface area contributed by atoms with Crippen molar-refractivity contribution in [1.29, 1.82) is 0 Å². The number of thioether (sulfide) groups is 1. The number of rotatable bonds is 5. The van der Waals surface area contributed by atoms with Crippen LogP contribution in [0, 0.1) is 12.8 Å². The van der Waals surface area contributed by atoms with E-state index in [2.05, 4.69) is 17.1 Å². The summed E-state index contributed by atoms with van der Waals surface area (Å²) >= 11 is 9.30. The van der Waals surface area contributed by atoms with Crippen molar-refractivity contribution in [2.24, 2.45) is 5.92 Å². The van der Waals surface area contributed by atoms with Gasteiger partial charge in [-0.1, -0.05) is 30.3 Å². The zero-order valence-electron chi connectivity index (χ0n) is 17.8. The second-order valence-electron chi connectivity index (χ2n) is 7.89. The van der Waals surface area contributed by atoms with Crippen molar-refractivity contribution in [2.75, 3.05) is 7.11 Å². The molecule has 0 saturated heterocycles. The quantitative estimate of drug-likeness (QED) is 0.281. The summed E-state index contributed by atoms with van der Waals surface area (Å²) in [5, 5.41) is 9.69. The van der Waals surface area contributed by atoms with Crippen molar-refractivity contribution >= 4 is 44.9 Å². The number of nitrogens with zero attached hydrogens (tertiary/aromatic N) is 4. The SMILES string of the molecule is COc1ccc(Cl)cc1-n1c(SCc2nnc(C)o2)nc2sc3c(c2c1=O)CCC(C)C3. The Kier molecular flexibility index (Phi) is 5.73. The number of fused-ring (bicyclic) bond motifs is 3. The maximum Gasteiger partial charge on any atom is 0.267 e. The molecular formula is C22H21ClN4O3S2. The first-order valence-electron chi connectivity index (χ1n) is 10.3. The van der Waals surface area contributed by atoms with E-state index in [9.17, 15) is 4.79 Å². The van der Waals surface area contributed by atoms with Gasteiger partial charge in [0.1, 0.15) is 10.6 Å². The molecule has 1 aromatic carbocycles. The van der Waals surface area contributed by atoms with Crippen LogP contribution in [0.4, 0.5) is 0 Å². The standard InChI is InChI=1S/C22H21ClN4O3S2/c1-11-4-6-14-17(8-11)32-20-19(14)21(28)27(15-9-13(23)5-7-16(15)29-3)22(24-20)31-10-18-26-25-12(2)30-18/h5,7,9,11H,4,6,8,10H2,1-3H3. The van der Waals surface area contributed by atoms with Crippen LogP contribution in [0.5, 0.6) is 5.75 Å². The minimum atomic E-state index is -0.105. The molecule has 0 N–H and O–H groups in total. The number of halogens is 1. The molecule has 0 spiro atoms. The molecule has 1 aliphatic rings. The van der Waals surface area contributed by atoms with Gasteiger partial charge in [0.25, 0.3) is 5.56 Å². The lowest BCUT2D eigenvalue weighted by Crippen LogP contribution is -2.23. The van der Waals surface area contributed by atoms with E-state index in [-0.39, 0.29) is 5.56 Å². The van der Waals surface area contributed by atoms with Crippen LogP contribution in [-0.4, -0.2) is 26.9 Å². The molecule has 0 fully saturated rings. The first-order chi connectivity index (χ1) is 15.4. The Morgan fingerprint density at radius 2 is 2.22 bits per heavy atom. The molecule has 32 heavy (non-hydrogen) atoms. The number of aromatic nitrogens is 4. The lowest BCUT2D eigenvalue weighted by Gasteiger charge is -2.18. The van der Waals surface area contributed by atoms with Gasteiger partial charge in [0.05, 0.1) is 23.9 Å². The molecule has 0 radical (unpaired) electrons. The van der Waals surface area contributed by atoms with Gasteiger partial charge in [-0.25, -0.2) is 4.98 Å². The van der Waals surface area contributed by atoms with Crippen LogP contribution in [0.1, 0.15) is 35.6 Å². The monoisotopic (exact) mass is 488 g/mol. The number of methoxy groups -OCH3 is 1. The lowest BCUT2D eigenvalue weighted by atomic mass is 9.89. The first kappa shape index (κ1) is 21.5. The number of hydrogen-bond acceptors (Lipinski definition) is 8. The maximum atomic E-state index is 13.9. The van der Waals surface area contributed by atoms with Gasteiger partial charge in [-0.05, 0) is 48.9 Å². The summed E-state index contributed by atoms with van der Waals surface area (Å²) in [5.41, 5.74) is 1.60. The number of ether oxygens (including phenoxy) is 1. The van der Waals surface area contributed by atoms with E-state index in [0.29, 0.717) is 50.5 Å². The molecule has 0 amide bonds. The minimum absolute atomic E-state index is 0.105. The average molecular weight is 489 g/mol. The normalized spacial score (nSPS) is 15.8. The van der Waals surface area contributed by atoms with E-state index >= 15 is 0 Å². The van der Waals surface area contributed by atoms with Crippen molar-refractivity contribution in [2.45, 2.75) is 44.0 Å². The van der Waals surface area contributed by atoms with Crippen molar-refractivity contribution < 1.29 is 9.15 Å². The second-order valence-corrected chi connectivity index (χ2v) is 10.3. The molecular weight excluding hydrogens is 468 g/mol. The fourth-order valence-electron chi connectivity index (χ4n) is 4.04. The summed E-state index contributed by atoms with van der Waals surface area (Å²) in [6.45, 7) is 4.00. The predicted molar refractivity (Wildman–Crippen MR) is 127 cm³/mol. The van der Waals surface area contributed by atoms with Gasteiger partial charge < -0.3 is 9.15 Å². The molecule has 4 aromatic rings. The van der Waals surface area contributed by atoms with Gasteiger partial charge >= 0.3 is 0 Å². The van der Waals surface area contributed by atoms with E-state index in [4.69, 9.17) is 25.7 Å². The van der Waals surface area contributed by atoms with Gasteiger partial charge in [0.15, 0.2) is 5.16 Å². The van der Waals surface area contributed by atoms with Crippen LogP contribution >= 0.6 is 34.7 Å². The van der Waals surface area contributed by atoms with Gasteiger partial charge in [-0.2, -0.15) is 0 Å². The number of benzene rings is 1. The summed E-state index contributed by atoms with van der Waals surface area (Å²) in [4.78, 5) is 20.9. The van der Waals surface area contributed by atoms with E-state index < -0.39 is 0 Å². The van der Waals surface area contributed by atoms with Crippen LogP contribution in [0.2, 0.25) is 5.02 Å². The predicted octanol–water partition coefficient (Wildman–Crippen LogP) is 5.22. The van der Waals surface area contributed by atoms with Gasteiger partial charge in [0.2, 0.25) is 11.8 Å². The highest BCUT2D eigenvalue weighted by molar-refractivity contribution is 7.98. The van der Waals surface area contributed by atoms with Gasteiger partial charge in [-0.3, -0.25) is 9.36 Å². The number of hydrogen-bond donors (Lipinski definition) is 0. The number of aryl methyl sites for hydroxylation is 2. The van der Waals surface area contributed by atoms with Crippen molar-refractivity contribution in [3.63, 3.8) is 0 Å². The summed E-state index contributed by atoms with van der Waals surface area (Å²) in [6.07, 6.45) is 2.96. The van der Waals surface area contributed by atoms with E-state index in [1.54, 1.807) is 48.1 Å². The molecule has 5 rings (SSSR count). The molecule has 166 valence electrons. The molecule has 0 bridgehead atoms. The summed E-state index contributed by atoms with van der Waals surface area (Å²) < 4.78 is 12.7. The topological polar surface area (TPSA) is 83.0 Å². The Labute approximate surface area is 197 Å². The first-order valence-corrected chi connectivity index (χ1v) is 12.5. The fourth-order valence-corrected chi connectivity index (χ4v) is 6.47. The smallest absolute Gasteiger partial charge is 0.267 e. The van der Waals surface area contributed by atoms with Crippen LogP contribution in [0.25, 0.3) is 15.9 Å². The Balaban J connectivity index is 1.72.